The van der Waals surface area contributed by atoms with Crippen LogP contribution in [0.2, 0.25) is 0 Å². The van der Waals surface area contributed by atoms with Gasteiger partial charge in [-0.1, -0.05) is 30.3 Å². The zero-order valence-corrected chi connectivity index (χ0v) is 17.2. The van der Waals surface area contributed by atoms with Crippen molar-refractivity contribution in [2.24, 2.45) is 5.92 Å². The molecule has 1 aromatic carbocycles. The van der Waals surface area contributed by atoms with Gasteiger partial charge >= 0.3 is 0 Å². The summed E-state index contributed by atoms with van der Waals surface area (Å²) in [7, 11) is 0. The van der Waals surface area contributed by atoms with Crippen molar-refractivity contribution < 1.29 is 14.3 Å². The van der Waals surface area contributed by atoms with E-state index in [1.54, 1.807) is 12.3 Å². The first-order valence-corrected chi connectivity index (χ1v) is 10.6. The highest BCUT2D eigenvalue weighted by molar-refractivity contribution is 7.15. The number of carbonyl (C=O) groups excluding carboxylic acids is 1. The maximum absolute atomic E-state index is 12.9. The molecular formula is C22H25N3O3S. The van der Waals surface area contributed by atoms with Gasteiger partial charge in [-0.15, -0.1) is 11.3 Å². The average molecular weight is 412 g/mol. The van der Waals surface area contributed by atoms with Gasteiger partial charge in [0.2, 0.25) is 0 Å². The second kappa shape index (κ2) is 8.90. The van der Waals surface area contributed by atoms with E-state index in [0.29, 0.717) is 23.0 Å². The summed E-state index contributed by atoms with van der Waals surface area (Å²) in [4.78, 5) is 20.6. The molecule has 3 aromatic rings. The molecule has 1 aliphatic heterocycles. The molecule has 1 aliphatic rings. The molecule has 1 amide bonds. The fraction of sp³-hybridized carbons (Fsp3) is 0.364. The molecule has 0 radical (unpaired) electrons. The minimum Gasteiger partial charge on any atom is -0.462 e. The predicted octanol–water partition coefficient (Wildman–Crippen LogP) is 3.32. The van der Waals surface area contributed by atoms with Crippen LogP contribution in [0.4, 0.5) is 0 Å². The highest BCUT2D eigenvalue weighted by Crippen LogP contribution is 2.28. The molecule has 152 valence electrons. The molecule has 2 aromatic heterocycles. The van der Waals surface area contributed by atoms with Gasteiger partial charge in [0.25, 0.3) is 5.91 Å². The predicted molar refractivity (Wildman–Crippen MR) is 113 cm³/mol. The number of carbonyl (C=O) groups is 1. The maximum atomic E-state index is 12.9. The summed E-state index contributed by atoms with van der Waals surface area (Å²) in [5.41, 5.74) is 1.68. The van der Waals surface area contributed by atoms with E-state index in [-0.39, 0.29) is 24.5 Å². The molecule has 2 unspecified atom stereocenters. The van der Waals surface area contributed by atoms with Crippen molar-refractivity contribution in [3.63, 3.8) is 0 Å². The fourth-order valence-electron chi connectivity index (χ4n) is 3.78. The summed E-state index contributed by atoms with van der Waals surface area (Å²) in [6.45, 7) is 4.41. The minimum atomic E-state index is -0.193. The van der Waals surface area contributed by atoms with Crippen LogP contribution >= 0.6 is 11.3 Å². The number of piperidine rings is 1. The number of nitrogens with zero attached hydrogens (tertiary/aromatic N) is 2. The number of hydrogen-bond acceptors (Lipinski definition) is 6. The van der Waals surface area contributed by atoms with Crippen LogP contribution in [0.5, 0.6) is 0 Å². The lowest BCUT2D eigenvalue weighted by molar-refractivity contribution is 0.0727. The van der Waals surface area contributed by atoms with Crippen molar-refractivity contribution in [1.82, 2.24) is 15.2 Å². The van der Waals surface area contributed by atoms with Gasteiger partial charge in [0.1, 0.15) is 5.69 Å². The lowest BCUT2D eigenvalue weighted by atomic mass is 9.91. The molecule has 2 atom stereocenters. The van der Waals surface area contributed by atoms with E-state index in [2.05, 4.69) is 27.3 Å². The largest absolute Gasteiger partial charge is 0.462 e. The Kier molecular flexibility index (Phi) is 6.08. The monoisotopic (exact) mass is 411 g/mol. The molecule has 1 fully saturated rings. The molecule has 3 heterocycles. The van der Waals surface area contributed by atoms with E-state index >= 15 is 0 Å². The van der Waals surface area contributed by atoms with Gasteiger partial charge in [0, 0.05) is 36.5 Å². The third-order valence-corrected chi connectivity index (χ3v) is 6.37. The van der Waals surface area contributed by atoms with Crippen LogP contribution in [0.15, 0.2) is 53.1 Å². The van der Waals surface area contributed by atoms with Crippen molar-refractivity contribution in [1.29, 1.82) is 0 Å². The normalized spacial score (nSPS) is 19.9. The average Bonchev–Trinajstić information content (AvgIpc) is 3.39. The van der Waals surface area contributed by atoms with Crippen LogP contribution in [-0.2, 0) is 6.54 Å². The molecule has 29 heavy (non-hydrogen) atoms. The van der Waals surface area contributed by atoms with E-state index in [0.717, 1.165) is 24.4 Å². The Morgan fingerprint density at radius 3 is 2.86 bits per heavy atom. The van der Waals surface area contributed by atoms with Crippen molar-refractivity contribution in [2.45, 2.75) is 25.9 Å². The Hall–Kier alpha value is -2.48. The topological polar surface area (TPSA) is 78.6 Å². The molecule has 6 nitrogen and oxygen atoms in total. The Labute approximate surface area is 174 Å². The first kappa shape index (κ1) is 19.8. The lowest BCUT2D eigenvalue weighted by Gasteiger charge is -2.38. The summed E-state index contributed by atoms with van der Waals surface area (Å²) in [5, 5.41) is 13.6. The van der Waals surface area contributed by atoms with E-state index < -0.39 is 0 Å². The first-order chi connectivity index (χ1) is 14.1. The second-order valence-electron chi connectivity index (χ2n) is 7.43. The SMILES string of the molecule is Cc1sc(-c2ccco2)nc1C(=O)NC1CN(Cc2ccccc2)CCC1CO. The number of aliphatic hydroxyl groups excluding tert-OH is 1. The molecule has 0 saturated carbocycles. The van der Waals surface area contributed by atoms with Crippen LogP contribution in [0.1, 0.15) is 27.3 Å². The highest BCUT2D eigenvalue weighted by atomic mass is 32.1. The number of aryl methyl sites for hydroxylation is 1. The van der Waals surface area contributed by atoms with Gasteiger partial charge < -0.3 is 14.8 Å². The van der Waals surface area contributed by atoms with Gasteiger partial charge in [-0.25, -0.2) is 4.98 Å². The lowest BCUT2D eigenvalue weighted by Crippen LogP contribution is -2.53. The maximum Gasteiger partial charge on any atom is 0.271 e. The zero-order valence-electron chi connectivity index (χ0n) is 16.4. The van der Waals surface area contributed by atoms with Gasteiger partial charge in [-0.05, 0) is 37.6 Å². The van der Waals surface area contributed by atoms with Crippen LogP contribution < -0.4 is 5.32 Å². The van der Waals surface area contributed by atoms with Crippen molar-refractivity contribution in [2.75, 3.05) is 19.7 Å². The zero-order chi connectivity index (χ0) is 20.2. The number of aromatic nitrogens is 1. The molecule has 2 N–H and O–H groups in total. The third-order valence-electron chi connectivity index (χ3n) is 5.38. The Bertz CT molecular complexity index is 940. The van der Waals surface area contributed by atoms with Gasteiger partial charge in [0.15, 0.2) is 10.8 Å². The highest BCUT2D eigenvalue weighted by Gasteiger charge is 2.31. The number of likely N-dealkylation sites (tertiary alicyclic amines) is 1. The quantitative estimate of drug-likeness (QED) is 0.651. The number of benzene rings is 1. The number of amides is 1. The van der Waals surface area contributed by atoms with E-state index in [1.807, 2.05) is 31.2 Å². The van der Waals surface area contributed by atoms with Crippen LogP contribution in [0, 0.1) is 12.8 Å². The van der Waals surface area contributed by atoms with Crippen LogP contribution in [0.25, 0.3) is 10.8 Å². The smallest absolute Gasteiger partial charge is 0.271 e. The summed E-state index contributed by atoms with van der Waals surface area (Å²) in [6.07, 6.45) is 2.45. The molecule has 0 spiro atoms. The van der Waals surface area contributed by atoms with E-state index in [4.69, 9.17) is 4.42 Å². The molecule has 4 rings (SSSR count). The standard InChI is InChI=1S/C22H25N3O3S/c1-15-20(24-22(29-15)19-8-5-11-28-19)21(27)23-18-13-25(10-9-17(18)14-26)12-16-6-3-2-4-7-16/h2-8,11,17-18,26H,9-10,12-14H2,1H3,(H,23,27). The first-order valence-electron chi connectivity index (χ1n) is 9.83. The number of rotatable bonds is 6. The Morgan fingerprint density at radius 2 is 2.14 bits per heavy atom. The Balaban J connectivity index is 1.45. The number of aliphatic hydroxyl groups is 1. The number of furan rings is 1. The van der Waals surface area contributed by atoms with Gasteiger partial charge in [-0.3, -0.25) is 9.69 Å². The Morgan fingerprint density at radius 1 is 1.31 bits per heavy atom. The van der Waals surface area contributed by atoms with E-state index in [1.165, 1.54) is 16.9 Å². The minimum absolute atomic E-state index is 0.0504. The van der Waals surface area contributed by atoms with Crippen LogP contribution in [0.3, 0.4) is 0 Å². The summed E-state index contributed by atoms with van der Waals surface area (Å²) >= 11 is 1.45. The van der Waals surface area contributed by atoms with E-state index in [9.17, 15) is 9.90 Å². The summed E-state index contributed by atoms with van der Waals surface area (Å²) < 4.78 is 5.40. The van der Waals surface area contributed by atoms with Gasteiger partial charge in [0.05, 0.1) is 6.26 Å². The molecule has 1 saturated heterocycles. The van der Waals surface area contributed by atoms with Crippen LogP contribution in [-0.4, -0.2) is 46.6 Å². The molecule has 7 heteroatoms. The van der Waals surface area contributed by atoms with Gasteiger partial charge in [-0.2, -0.15) is 0 Å². The molecule has 0 bridgehead atoms. The second-order valence-corrected chi connectivity index (χ2v) is 8.64. The van der Waals surface area contributed by atoms with Crippen molar-refractivity contribution in [3.8, 4) is 10.8 Å². The molecular weight excluding hydrogens is 386 g/mol. The molecule has 0 aliphatic carbocycles. The fourth-order valence-corrected chi connectivity index (χ4v) is 4.66. The number of hydrogen-bond donors (Lipinski definition) is 2. The number of thiazole rings is 1. The summed E-state index contributed by atoms with van der Waals surface area (Å²) in [6, 6.07) is 13.8. The van der Waals surface area contributed by atoms with Crippen molar-refractivity contribution >= 4 is 17.2 Å². The van der Waals surface area contributed by atoms with Crippen molar-refractivity contribution in [3.05, 3.63) is 64.9 Å². The number of nitrogens with one attached hydrogen (secondary N) is 1. The summed E-state index contributed by atoms with van der Waals surface area (Å²) in [5.74, 6) is 0.521. The third kappa shape index (κ3) is 4.58.